The van der Waals surface area contributed by atoms with Gasteiger partial charge in [-0.1, -0.05) is 35.5 Å². The summed E-state index contributed by atoms with van der Waals surface area (Å²) < 4.78 is 8.60. The summed E-state index contributed by atoms with van der Waals surface area (Å²) in [6.07, 6.45) is 1.77. The lowest BCUT2D eigenvalue weighted by atomic mass is 10.1. The van der Waals surface area contributed by atoms with Crippen molar-refractivity contribution >= 4 is 39.3 Å². The van der Waals surface area contributed by atoms with Crippen molar-refractivity contribution in [3.05, 3.63) is 76.0 Å². The lowest BCUT2D eigenvalue weighted by Crippen LogP contribution is -2.15. The minimum Gasteiger partial charge on any atom is -0.486 e. The third-order valence-electron chi connectivity index (χ3n) is 4.68. The average molecular weight is 501 g/mol. The Morgan fingerprint density at radius 1 is 1.19 bits per heavy atom. The molecule has 0 unspecified atom stereocenters. The van der Waals surface area contributed by atoms with E-state index in [2.05, 4.69) is 38.0 Å². The first-order chi connectivity index (χ1) is 14.9. The van der Waals surface area contributed by atoms with Crippen LogP contribution in [0.5, 0.6) is 5.75 Å². The van der Waals surface area contributed by atoms with Crippen molar-refractivity contribution in [3.63, 3.8) is 0 Å². The highest BCUT2D eigenvalue weighted by atomic mass is 79.9. The molecule has 0 saturated heterocycles. The van der Waals surface area contributed by atoms with Gasteiger partial charge in [0.1, 0.15) is 12.4 Å². The number of thioether (sulfide) groups is 1. The Morgan fingerprint density at radius 2 is 1.90 bits per heavy atom. The second-order valence-corrected chi connectivity index (χ2v) is 8.95. The normalized spacial score (nSPS) is 10.7. The van der Waals surface area contributed by atoms with E-state index < -0.39 is 0 Å². The summed E-state index contributed by atoms with van der Waals surface area (Å²) in [6.45, 7) is 10.7. The first-order valence-corrected chi connectivity index (χ1v) is 11.6. The molecule has 0 aliphatic carbocycles. The molecule has 8 heteroatoms. The fourth-order valence-electron chi connectivity index (χ4n) is 2.82. The number of carbonyl (C=O) groups excluding carboxylic acids is 1. The molecule has 1 heterocycles. The van der Waals surface area contributed by atoms with Crippen molar-refractivity contribution in [1.29, 1.82) is 0 Å². The predicted octanol–water partition coefficient (Wildman–Crippen LogP) is 5.46. The van der Waals surface area contributed by atoms with Crippen LogP contribution in [-0.2, 0) is 17.9 Å². The van der Waals surface area contributed by atoms with Gasteiger partial charge in [0.05, 0.1) is 11.4 Å². The number of aryl methyl sites for hydroxylation is 3. The van der Waals surface area contributed by atoms with Crippen LogP contribution in [0.2, 0.25) is 0 Å². The maximum absolute atomic E-state index is 12.5. The lowest BCUT2D eigenvalue weighted by molar-refractivity contribution is -0.113. The average Bonchev–Trinajstić information content (AvgIpc) is 3.12. The number of ether oxygens (including phenoxy) is 1. The van der Waals surface area contributed by atoms with Crippen molar-refractivity contribution in [1.82, 2.24) is 14.8 Å². The molecular weight excluding hydrogens is 476 g/mol. The van der Waals surface area contributed by atoms with Crippen LogP contribution in [-0.4, -0.2) is 26.4 Å². The van der Waals surface area contributed by atoms with Gasteiger partial charge in [-0.2, -0.15) is 0 Å². The van der Waals surface area contributed by atoms with Gasteiger partial charge >= 0.3 is 0 Å². The van der Waals surface area contributed by atoms with Gasteiger partial charge < -0.3 is 10.1 Å². The fraction of sp³-hybridized carbons (Fsp3) is 0.261. The standard InChI is InChI=1S/C23H25BrN4O2S/c1-5-10-28-21(13-30-18-8-6-15(2)7-9-18)26-27-23(28)31-14-22(29)25-20-12-17(4)16(3)11-19(20)24/h5-9,11-12H,1,10,13-14H2,2-4H3,(H,25,29). The van der Waals surface area contributed by atoms with Crippen molar-refractivity contribution in [3.8, 4) is 5.75 Å². The minimum atomic E-state index is -0.112. The van der Waals surface area contributed by atoms with E-state index in [1.807, 2.05) is 61.7 Å². The zero-order chi connectivity index (χ0) is 22.4. The predicted molar refractivity (Wildman–Crippen MR) is 129 cm³/mol. The number of hydrogen-bond acceptors (Lipinski definition) is 5. The van der Waals surface area contributed by atoms with Crippen LogP contribution in [0.25, 0.3) is 0 Å². The van der Waals surface area contributed by atoms with E-state index in [0.29, 0.717) is 17.5 Å². The number of carbonyl (C=O) groups is 1. The summed E-state index contributed by atoms with van der Waals surface area (Å²) in [4.78, 5) is 12.5. The van der Waals surface area contributed by atoms with Gasteiger partial charge in [-0.05, 0) is 72.1 Å². The summed E-state index contributed by atoms with van der Waals surface area (Å²) in [5.74, 6) is 1.55. The molecular formula is C23H25BrN4O2S. The van der Waals surface area contributed by atoms with E-state index in [9.17, 15) is 4.79 Å². The Balaban J connectivity index is 1.63. The number of halogens is 1. The van der Waals surface area contributed by atoms with Crippen molar-refractivity contribution in [2.45, 2.75) is 39.1 Å². The number of anilines is 1. The van der Waals surface area contributed by atoms with E-state index >= 15 is 0 Å². The van der Waals surface area contributed by atoms with Crippen molar-refractivity contribution in [2.24, 2.45) is 0 Å². The van der Waals surface area contributed by atoms with E-state index in [4.69, 9.17) is 4.74 Å². The molecule has 0 bridgehead atoms. The molecule has 0 fully saturated rings. The molecule has 0 aliphatic heterocycles. The third kappa shape index (κ3) is 6.21. The van der Waals surface area contributed by atoms with Crippen LogP contribution in [0.1, 0.15) is 22.5 Å². The maximum atomic E-state index is 12.5. The first-order valence-electron chi connectivity index (χ1n) is 9.79. The molecule has 6 nitrogen and oxygen atoms in total. The minimum absolute atomic E-state index is 0.112. The molecule has 2 aromatic carbocycles. The second-order valence-electron chi connectivity index (χ2n) is 7.15. The molecule has 3 rings (SSSR count). The van der Waals surface area contributed by atoms with Crippen LogP contribution in [0.3, 0.4) is 0 Å². The van der Waals surface area contributed by atoms with Gasteiger partial charge in [0.25, 0.3) is 0 Å². The van der Waals surface area contributed by atoms with Crippen LogP contribution in [0.4, 0.5) is 5.69 Å². The Hall–Kier alpha value is -2.58. The number of aromatic nitrogens is 3. The van der Waals surface area contributed by atoms with Crippen molar-refractivity contribution < 1.29 is 9.53 Å². The molecule has 1 N–H and O–H groups in total. The molecule has 0 radical (unpaired) electrons. The number of allylic oxidation sites excluding steroid dienone is 1. The number of benzene rings is 2. The molecule has 1 amide bonds. The summed E-state index contributed by atoms with van der Waals surface area (Å²) in [6, 6.07) is 11.8. The van der Waals surface area contributed by atoms with E-state index in [0.717, 1.165) is 27.0 Å². The zero-order valence-corrected chi connectivity index (χ0v) is 20.2. The number of nitrogens with zero attached hydrogens (tertiary/aromatic N) is 3. The van der Waals surface area contributed by atoms with E-state index in [1.165, 1.54) is 17.3 Å². The number of hydrogen-bond donors (Lipinski definition) is 1. The molecule has 1 aromatic heterocycles. The molecule has 0 aliphatic rings. The van der Waals surface area contributed by atoms with Gasteiger partial charge in [0, 0.05) is 11.0 Å². The third-order valence-corrected chi connectivity index (χ3v) is 6.31. The number of amides is 1. The number of rotatable bonds is 9. The largest absolute Gasteiger partial charge is 0.486 e. The van der Waals surface area contributed by atoms with Gasteiger partial charge in [0.15, 0.2) is 11.0 Å². The number of nitrogens with one attached hydrogen (secondary N) is 1. The molecule has 31 heavy (non-hydrogen) atoms. The van der Waals surface area contributed by atoms with E-state index in [-0.39, 0.29) is 18.3 Å². The highest BCUT2D eigenvalue weighted by molar-refractivity contribution is 9.10. The second kappa shape index (κ2) is 10.6. The smallest absolute Gasteiger partial charge is 0.234 e. The van der Waals surface area contributed by atoms with Gasteiger partial charge in [-0.25, -0.2) is 0 Å². The zero-order valence-electron chi connectivity index (χ0n) is 17.8. The summed E-state index contributed by atoms with van der Waals surface area (Å²) in [7, 11) is 0. The van der Waals surface area contributed by atoms with E-state index in [1.54, 1.807) is 6.08 Å². The Labute approximate surface area is 195 Å². The fourth-order valence-corrected chi connectivity index (χ4v) is 4.14. The Morgan fingerprint density at radius 3 is 2.61 bits per heavy atom. The summed E-state index contributed by atoms with van der Waals surface area (Å²) in [5, 5.41) is 12.1. The Bertz CT molecular complexity index is 1080. The van der Waals surface area contributed by atoms with Crippen LogP contribution >= 0.6 is 27.7 Å². The quantitative estimate of drug-likeness (QED) is 0.312. The molecule has 0 spiro atoms. The van der Waals surface area contributed by atoms with Crippen LogP contribution < -0.4 is 10.1 Å². The van der Waals surface area contributed by atoms with Gasteiger partial charge in [-0.15, -0.1) is 16.8 Å². The summed E-state index contributed by atoms with van der Waals surface area (Å²) in [5.41, 5.74) is 4.22. The topological polar surface area (TPSA) is 69.0 Å². The van der Waals surface area contributed by atoms with Gasteiger partial charge in [-0.3, -0.25) is 9.36 Å². The van der Waals surface area contributed by atoms with Gasteiger partial charge in [0.2, 0.25) is 5.91 Å². The lowest BCUT2D eigenvalue weighted by Gasteiger charge is -2.11. The highest BCUT2D eigenvalue weighted by Gasteiger charge is 2.15. The Kier molecular flexibility index (Phi) is 7.92. The SMILES string of the molecule is C=CCn1c(COc2ccc(C)cc2)nnc1SCC(=O)Nc1cc(C)c(C)cc1Br. The molecule has 162 valence electrons. The highest BCUT2D eigenvalue weighted by Crippen LogP contribution is 2.27. The maximum Gasteiger partial charge on any atom is 0.234 e. The van der Waals surface area contributed by atoms with Crippen molar-refractivity contribution in [2.75, 3.05) is 11.1 Å². The van der Waals surface area contributed by atoms with Crippen LogP contribution in [0, 0.1) is 20.8 Å². The molecule has 0 saturated carbocycles. The van der Waals surface area contributed by atoms with Crippen LogP contribution in [0.15, 0.2) is 58.7 Å². The molecule has 3 aromatic rings. The first kappa shape index (κ1) is 23.1. The molecule has 0 atom stereocenters. The monoisotopic (exact) mass is 500 g/mol. The summed E-state index contributed by atoms with van der Waals surface area (Å²) >= 11 is 4.84.